The summed E-state index contributed by atoms with van der Waals surface area (Å²) in [6, 6.07) is 10.3. The molecule has 0 N–H and O–H groups in total. The Morgan fingerprint density at radius 1 is 1.06 bits per heavy atom. The molecule has 3 aromatic heterocycles. The number of fused-ring (bicyclic) bond motifs is 1. The summed E-state index contributed by atoms with van der Waals surface area (Å²) in [5.41, 5.74) is 1.13. The van der Waals surface area contributed by atoms with Crippen LogP contribution in [0.2, 0.25) is 0 Å². The highest BCUT2D eigenvalue weighted by Gasteiger charge is 2.20. The van der Waals surface area contributed by atoms with Crippen LogP contribution in [0.25, 0.3) is 16.2 Å². The second-order valence-corrected chi connectivity index (χ2v) is 5.86. The lowest BCUT2D eigenvalue weighted by molar-refractivity contribution is -0.669. The highest BCUT2D eigenvalue weighted by molar-refractivity contribution is 7.73. The first-order valence-electron chi connectivity index (χ1n) is 5.64. The minimum absolute atomic E-state index is 0.869. The number of aromatic nitrogens is 3. The Bertz CT molecular complexity index is 786. The second-order valence-electron chi connectivity index (χ2n) is 4.18. The zero-order valence-corrected chi connectivity index (χ0v) is 11.8. The number of thiazole rings is 1. The van der Waals surface area contributed by atoms with E-state index in [1.807, 2.05) is 44.7 Å². The molecule has 3 aromatic rings. The van der Waals surface area contributed by atoms with Gasteiger partial charge in [0.1, 0.15) is 4.70 Å². The fourth-order valence-corrected chi connectivity index (χ4v) is 3.48. The summed E-state index contributed by atoms with van der Waals surface area (Å²) in [7, 11) is 4.08. The molecule has 90 valence electrons. The number of hydrogen-bond acceptors (Lipinski definition) is 2. The number of pyridine rings is 2. The molecule has 0 unspecified atom stereocenters. The summed E-state index contributed by atoms with van der Waals surface area (Å²) < 4.78 is 8.38. The minimum Gasteiger partial charge on any atom is -0.236 e. The fourth-order valence-electron chi connectivity index (χ4n) is 2.10. The predicted molar refractivity (Wildman–Crippen MR) is 74.3 cm³/mol. The van der Waals surface area contributed by atoms with Crippen LogP contribution in [0.4, 0.5) is 0 Å². The maximum atomic E-state index is 5.51. The van der Waals surface area contributed by atoms with Crippen molar-refractivity contribution in [3.8, 4) is 5.82 Å². The Morgan fingerprint density at radius 3 is 2.61 bits per heavy atom. The molecule has 0 aliphatic carbocycles. The zero-order valence-electron chi connectivity index (χ0n) is 10.2. The van der Waals surface area contributed by atoms with E-state index in [9.17, 15) is 0 Å². The first-order chi connectivity index (χ1) is 8.68. The van der Waals surface area contributed by atoms with Gasteiger partial charge >= 0.3 is 5.65 Å². The van der Waals surface area contributed by atoms with Gasteiger partial charge in [-0.05, 0) is 30.4 Å². The Kier molecular flexibility index (Phi) is 2.72. The van der Waals surface area contributed by atoms with Crippen LogP contribution in [-0.4, -0.2) is 4.57 Å². The lowest BCUT2D eigenvalue weighted by atomic mass is 10.4. The molecule has 0 fully saturated rings. The van der Waals surface area contributed by atoms with Gasteiger partial charge in [-0.3, -0.25) is 0 Å². The van der Waals surface area contributed by atoms with Crippen molar-refractivity contribution >= 4 is 33.9 Å². The van der Waals surface area contributed by atoms with Gasteiger partial charge in [0.2, 0.25) is 0 Å². The lowest BCUT2D eigenvalue weighted by Gasteiger charge is -2.01. The summed E-state index contributed by atoms with van der Waals surface area (Å²) in [4.78, 5) is 0. The fraction of sp³-hybridized carbons (Fsp3) is 0.154. The first kappa shape index (κ1) is 11.5. The van der Waals surface area contributed by atoms with Crippen molar-refractivity contribution in [2.45, 2.75) is 0 Å². The molecule has 0 amide bonds. The molecule has 0 atom stereocenters. The Morgan fingerprint density at radius 2 is 1.83 bits per heavy atom. The summed E-state index contributed by atoms with van der Waals surface area (Å²) in [6.07, 6.45) is 4.08. The molecule has 0 radical (unpaired) electrons. The predicted octanol–water partition coefficient (Wildman–Crippen LogP) is 2.07. The van der Waals surface area contributed by atoms with Gasteiger partial charge in [-0.15, -0.1) is 4.57 Å². The van der Waals surface area contributed by atoms with Crippen molar-refractivity contribution in [1.29, 1.82) is 0 Å². The maximum absolute atomic E-state index is 5.51. The van der Waals surface area contributed by atoms with Crippen molar-refractivity contribution in [1.82, 2.24) is 4.57 Å². The van der Waals surface area contributed by atoms with Crippen molar-refractivity contribution in [3.63, 3.8) is 0 Å². The number of nitrogens with zero attached hydrogens (tertiary/aromatic N) is 3. The van der Waals surface area contributed by atoms with Gasteiger partial charge in [0.15, 0.2) is 0 Å². The average molecular weight is 275 g/mol. The number of aryl methyl sites for hydroxylation is 2. The number of rotatable bonds is 1. The normalized spacial score (nSPS) is 11.0. The lowest BCUT2D eigenvalue weighted by Crippen LogP contribution is -2.36. The molecule has 5 heteroatoms. The van der Waals surface area contributed by atoms with Gasteiger partial charge in [-0.2, -0.15) is 0 Å². The van der Waals surface area contributed by atoms with Crippen molar-refractivity contribution < 1.29 is 9.13 Å². The van der Waals surface area contributed by atoms with E-state index in [0.717, 1.165) is 15.4 Å². The minimum atomic E-state index is 0.869. The van der Waals surface area contributed by atoms with Crippen LogP contribution in [-0.2, 0) is 14.1 Å². The quantitative estimate of drug-likeness (QED) is 0.489. The van der Waals surface area contributed by atoms with E-state index in [1.54, 1.807) is 11.3 Å². The second kappa shape index (κ2) is 4.26. The molecule has 0 spiro atoms. The highest BCUT2D eigenvalue weighted by Crippen LogP contribution is 2.22. The Labute approximate surface area is 114 Å². The molecule has 0 aliphatic heterocycles. The van der Waals surface area contributed by atoms with E-state index in [1.165, 1.54) is 4.70 Å². The van der Waals surface area contributed by atoms with E-state index in [0.29, 0.717) is 0 Å². The summed E-state index contributed by atoms with van der Waals surface area (Å²) >= 11 is 7.15. The van der Waals surface area contributed by atoms with Crippen molar-refractivity contribution in [3.05, 3.63) is 46.7 Å². The smallest absolute Gasteiger partial charge is 0.236 e. The van der Waals surface area contributed by atoms with Gasteiger partial charge in [0.05, 0.1) is 26.5 Å². The van der Waals surface area contributed by atoms with Gasteiger partial charge < -0.3 is 0 Å². The molecule has 18 heavy (non-hydrogen) atoms. The Hall–Kier alpha value is -1.59. The third-order valence-corrected chi connectivity index (χ3v) is 4.29. The van der Waals surface area contributed by atoms with Gasteiger partial charge in [-0.25, -0.2) is 9.13 Å². The SMILES string of the molecule is C[n+]1ccccc1-n1c(=S)sc2ccc[n+](C)c21. The molecular formula is C13H13N3S2+2. The Balaban J connectivity index is 2.47. The van der Waals surface area contributed by atoms with Crippen LogP contribution < -0.4 is 9.13 Å². The summed E-state index contributed by atoms with van der Waals surface area (Å²) in [5, 5.41) is 0. The van der Waals surface area contributed by atoms with E-state index >= 15 is 0 Å². The van der Waals surface area contributed by atoms with Crippen LogP contribution in [0.5, 0.6) is 0 Å². The van der Waals surface area contributed by atoms with Crippen LogP contribution in [0.15, 0.2) is 42.7 Å². The average Bonchev–Trinajstić information content (AvgIpc) is 2.68. The van der Waals surface area contributed by atoms with E-state index < -0.39 is 0 Å². The monoisotopic (exact) mass is 275 g/mol. The van der Waals surface area contributed by atoms with E-state index in [4.69, 9.17) is 12.2 Å². The van der Waals surface area contributed by atoms with Crippen LogP contribution >= 0.6 is 23.6 Å². The molecule has 3 nitrogen and oxygen atoms in total. The van der Waals surface area contributed by atoms with Crippen LogP contribution in [0.3, 0.4) is 0 Å². The standard InChI is InChI=1S/C13H13N3S2/c1-14-8-4-3-7-11(14)16-12-10(18-13(16)17)6-5-9-15(12)2/h3-9H,1-2H3/q+2. The topological polar surface area (TPSA) is 12.7 Å². The molecule has 0 aliphatic rings. The number of hydrogen-bond donors (Lipinski definition) is 0. The third kappa shape index (κ3) is 1.67. The van der Waals surface area contributed by atoms with Gasteiger partial charge in [0, 0.05) is 6.07 Å². The van der Waals surface area contributed by atoms with Crippen LogP contribution in [0.1, 0.15) is 0 Å². The van der Waals surface area contributed by atoms with Gasteiger partial charge in [0.25, 0.3) is 9.77 Å². The van der Waals surface area contributed by atoms with Crippen molar-refractivity contribution in [2.75, 3.05) is 0 Å². The molecule has 0 bridgehead atoms. The first-order valence-corrected chi connectivity index (χ1v) is 6.86. The van der Waals surface area contributed by atoms with E-state index in [-0.39, 0.29) is 0 Å². The zero-order chi connectivity index (χ0) is 12.7. The van der Waals surface area contributed by atoms with Crippen LogP contribution in [0, 0.1) is 3.95 Å². The van der Waals surface area contributed by atoms with Crippen molar-refractivity contribution in [2.24, 2.45) is 14.1 Å². The molecular weight excluding hydrogens is 262 g/mol. The molecule has 0 aromatic carbocycles. The molecule has 0 saturated carbocycles. The summed E-state index contributed by atoms with van der Waals surface area (Å²) in [5.74, 6) is 1.08. The van der Waals surface area contributed by atoms with Gasteiger partial charge in [-0.1, -0.05) is 17.4 Å². The molecule has 3 rings (SSSR count). The highest BCUT2D eigenvalue weighted by atomic mass is 32.1. The maximum Gasteiger partial charge on any atom is 0.308 e. The molecule has 0 saturated heterocycles. The summed E-state index contributed by atoms with van der Waals surface area (Å²) in [6.45, 7) is 0. The van der Waals surface area contributed by atoms with E-state index in [2.05, 4.69) is 25.8 Å². The largest absolute Gasteiger partial charge is 0.308 e. The third-order valence-electron chi connectivity index (χ3n) is 2.96. The molecule has 3 heterocycles.